The van der Waals surface area contributed by atoms with Crippen molar-refractivity contribution in [3.05, 3.63) is 23.8 Å². The molecule has 0 aliphatic carbocycles. The Morgan fingerprint density at radius 1 is 1.25 bits per heavy atom. The average Bonchev–Trinajstić information content (AvgIpc) is 2.32. The summed E-state index contributed by atoms with van der Waals surface area (Å²) in [5.41, 5.74) is 3.04. The summed E-state index contributed by atoms with van der Waals surface area (Å²) in [6.07, 6.45) is 5.63. The lowest BCUT2D eigenvalue weighted by atomic mass is 9.99. The molecule has 16 heavy (non-hydrogen) atoms. The Hall–Kier alpha value is -0.560. The Bertz CT molecular complexity index is 192. The maximum Gasteiger partial charge on any atom is 0.0195 e. The molecule has 0 spiro atoms. The van der Waals surface area contributed by atoms with Gasteiger partial charge in [0.15, 0.2) is 0 Å². The molecule has 1 heteroatoms. The number of hydrogen-bond acceptors (Lipinski definition) is 1. The van der Waals surface area contributed by atoms with E-state index in [-0.39, 0.29) is 0 Å². The normalized spacial score (nSPS) is 15.6. The number of likely N-dealkylation sites (N-methyl/N-ethyl adjacent to an activating group) is 1. The van der Waals surface area contributed by atoms with Gasteiger partial charge in [-0.2, -0.15) is 0 Å². The predicted octanol–water partition coefficient (Wildman–Crippen LogP) is 4.66. The van der Waals surface area contributed by atoms with Crippen molar-refractivity contribution >= 4 is 0 Å². The highest BCUT2D eigenvalue weighted by atomic mass is 15.1. The first kappa shape index (κ1) is 17.8. The summed E-state index contributed by atoms with van der Waals surface area (Å²) in [7, 11) is 2.18. The summed E-state index contributed by atoms with van der Waals surface area (Å²) < 4.78 is 0. The van der Waals surface area contributed by atoms with E-state index in [4.69, 9.17) is 0 Å². The Balaban J connectivity index is 0. The standard InChI is InChI=1S/C10H17N.C3H8.C2H6/c1-4-9-6-7-11(3)8-10(9)5-2;1-3-2;1-2/h4H,1,5-8H2,2-3H3;3H2,1-2H3;1-2H3. The number of allylic oxidation sites excluding steroid dienone is 1. The van der Waals surface area contributed by atoms with Crippen LogP contribution in [0.1, 0.15) is 53.9 Å². The van der Waals surface area contributed by atoms with Crippen LogP contribution >= 0.6 is 0 Å². The van der Waals surface area contributed by atoms with Crippen LogP contribution in [0.5, 0.6) is 0 Å². The fourth-order valence-corrected chi connectivity index (χ4v) is 1.58. The monoisotopic (exact) mass is 225 g/mol. The van der Waals surface area contributed by atoms with Crippen LogP contribution in [0.25, 0.3) is 0 Å². The Labute approximate surface area is 103 Å². The zero-order valence-corrected chi connectivity index (χ0v) is 12.3. The van der Waals surface area contributed by atoms with Crippen LogP contribution in [-0.2, 0) is 0 Å². The van der Waals surface area contributed by atoms with E-state index < -0.39 is 0 Å². The van der Waals surface area contributed by atoms with E-state index in [0.29, 0.717) is 0 Å². The molecule has 96 valence electrons. The number of hydrogen-bond donors (Lipinski definition) is 0. The molecule has 1 nitrogen and oxygen atoms in total. The molecule has 0 radical (unpaired) electrons. The molecule has 1 rings (SSSR count). The van der Waals surface area contributed by atoms with Crippen molar-refractivity contribution in [2.45, 2.75) is 53.9 Å². The third-order valence-electron chi connectivity index (χ3n) is 2.35. The van der Waals surface area contributed by atoms with E-state index in [1.807, 2.05) is 19.9 Å². The lowest BCUT2D eigenvalue weighted by molar-refractivity contribution is 0.346. The highest BCUT2D eigenvalue weighted by Crippen LogP contribution is 2.19. The van der Waals surface area contributed by atoms with Gasteiger partial charge < -0.3 is 4.90 Å². The van der Waals surface area contributed by atoms with Crippen molar-refractivity contribution < 1.29 is 0 Å². The first-order chi connectivity index (χ1) is 7.69. The van der Waals surface area contributed by atoms with E-state index in [1.54, 1.807) is 5.57 Å². The van der Waals surface area contributed by atoms with Crippen molar-refractivity contribution in [2.75, 3.05) is 20.1 Å². The lowest BCUT2D eigenvalue weighted by Crippen LogP contribution is -2.27. The second-order valence-electron chi connectivity index (χ2n) is 3.88. The number of rotatable bonds is 2. The van der Waals surface area contributed by atoms with Crippen LogP contribution in [0.3, 0.4) is 0 Å². The number of nitrogens with zero attached hydrogens (tertiary/aromatic N) is 1. The van der Waals surface area contributed by atoms with E-state index in [9.17, 15) is 0 Å². The minimum absolute atomic E-state index is 1.14. The second kappa shape index (κ2) is 12.5. The maximum atomic E-state index is 3.83. The largest absolute Gasteiger partial charge is 0.302 e. The third-order valence-corrected chi connectivity index (χ3v) is 2.35. The molecule has 0 N–H and O–H groups in total. The Morgan fingerprint density at radius 3 is 2.12 bits per heavy atom. The molecule has 0 bridgehead atoms. The van der Waals surface area contributed by atoms with Crippen LogP contribution in [0.4, 0.5) is 0 Å². The maximum absolute atomic E-state index is 3.83. The molecule has 1 heterocycles. The summed E-state index contributed by atoms with van der Waals surface area (Å²) in [6.45, 7) is 16.6. The van der Waals surface area contributed by atoms with Gasteiger partial charge in [0.2, 0.25) is 0 Å². The fourth-order valence-electron chi connectivity index (χ4n) is 1.58. The second-order valence-corrected chi connectivity index (χ2v) is 3.88. The first-order valence-electron chi connectivity index (χ1n) is 6.71. The summed E-state index contributed by atoms with van der Waals surface area (Å²) in [6, 6.07) is 0. The van der Waals surface area contributed by atoms with Gasteiger partial charge in [-0.25, -0.2) is 0 Å². The lowest BCUT2D eigenvalue weighted by Gasteiger charge is -2.25. The van der Waals surface area contributed by atoms with Crippen LogP contribution in [0, 0.1) is 0 Å². The van der Waals surface area contributed by atoms with Gasteiger partial charge in [-0.3, -0.25) is 0 Å². The molecule has 0 fully saturated rings. The van der Waals surface area contributed by atoms with E-state index >= 15 is 0 Å². The van der Waals surface area contributed by atoms with Gasteiger partial charge in [0.05, 0.1) is 0 Å². The third kappa shape index (κ3) is 7.70. The Morgan fingerprint density at radius 2 is 1.75 bits per heavy atom. The molecule has 0 saturated carbocycles. The molecule has 1 aliphatic heterocycles. The molecule has 0 saturated heterocycles. The molecule has 0 unspecified atom stereocenters. The average molecular weight is 225 g/mol. The van der Waals surface area contributed by atoms with Gasteiger partial charge in [0.1, 0.15) is 0 Å². The Kier molecular flexibility index (Phi) is 13.9. The summed E-state index contributed by atoms with van der Waals surface area (Å²) in [4.78, 5) is 2.37. The van der Waals surface area contributed by atoms with Crippen LogP contribution in [0.2, 0.25) is 0 Å². The summed E-state index contributed by atoms with van der Waals surface area (Å²) in [5.74, 6) is 0. The molecule has 0 atom stereocenters. The highest BCUT2D eigenvalue weighted by molar-refractivity contribution is 5.27. The summed E-state index contributed by atoms with van der Waals surface area (Å²) >= 11 is 0. The van der Waals surface area contributed by atoms with Crippen LogP contribution in [-0.4, -0.2) is 25.0 Å². The smallest absolute Gasteiger partial charge is 0.0195 e. The van der Waals surface area contributed by atoms with Crippen molar-refractivity contribution in [3.8, 4) is 0 Å². The van der Waals surface area contributed by atoms with Crippen LogP contribution in [0.15, 0.2) is 23.8 Å². The zero-order valence-electron chi connectivity index (χ0n) is 12.3. The van der Waals surface area contributed by atoms with Crippen molar-refractivity contribution in [1.29, 1.82) is 0 Å². The molecule has 0 amide bonds. The van der Waals surface area contributed by atoms with Crippen molar-refractivity contribution in [1.82, 2.24) is 4.90 Å². The molecular formula is C15H31N. The van der Waals surface area contributed by atoms with Crippen molar-refractivity contribution in [3.63, 3.8) is 0 Å². The molecular weight excluding hydrogens is 194 g/mol. The minimum Gasteiger partial charge on any atom is -0.302 e. The van der Waals surface area contributed by atoms with Crippen molar-refractivity contribution in [2.24, 2.45) is 0 Å². The van der Waals surface area contributed by atoms with Crippen LogP contribution < -0.4 is 0 Å². The van der Waals surface area contributed by atoms with E-state index in [0.717, 1.165) is 6.54 Å². The first-order valence-corrected chi connectivity index (χ1v) is 6.71. The van der Waals surface area contributed by atoms with Gasteiger partial charge in [-0.1, -0.05) is 59.3 Å². The van der Waals surface area contributed by atoms with Gasteiger partial charge in [-0.15, -0.1) is 0 Å². The molecule has 0 aromatic rings. The zero-order chi connectivity index (χ0) is 13.0. The van der Waals surface area contributed by atoms with Gasteiger partial charge in [-0.05, 0) is 25.5 Å². The molecule has 0 aromatic heterocycles. The molecule has 1 aliphatic rings. The highest BCUT2D eigenvalue weighted by Gasteiger charge is 2.11. The van der Waals surface area contributed by atoms with Gasteiger partial charge >= 0.3 is 0 Å². The van der Waals surface area contributed by atoms with Gasteiger partial charge in [0, 0.05) is 13.1 Å². The van der Waals surface area contributed by atoms with E-state index in [1.165, 1.54) is 31.4 Å². The van der Waals surface area contributed by atoms with E-state index in [2.05, 4.69) is 39.3 Å². The molecule has 0 aromatic carbocycles. The summed E-state index contributed by atoms with van der Waals surface area (Å²) in [5, 5.41) is 0. The quantitative estimate of drug-likeness (QED) is 0.661. The SMILES string of the molecule is C=CC1=C(CC)CN(C)CC1.CC.CCC. The predicted molar refractivity (Wildman–Crippen MR) is 76.9 cm³/mol. The van der Waals surface area contributed by atoms with Gasteiger partial charge in [0.25, 0.3) is 0 Å². The minimum atomic E-state index is 1.14. The fraction of sp³-hybridized carbons (Fsp3) is 0.733. The topological polar surface area (TPSA) is 3.24 Å².